The van der Waals surface area contributed by atoms with Crippen LogP contribution in [-0.2, 0) is 14.3 Å². The van der Waals surface area contributed by atoms with Crippen molar-refractivity contribution in [2.24, 2.45) is 23.7 Å². The zero-order valence-corrected chi connectivity index (χ0v) is 16.2. The van der Waals surface area contributed by atoms with Gasteiger partial charge in [-0.05, 0) is 89.9 Å². The van der Waals surface area contributed by atoms with Crippen LogP contribution in [-0.4, -0.2) is 23.8 Å². The maximum absolute atomic E-state index is 12.8. The van der Waals surface area contributed by atoms with Crippen molar-refractivity contribution in [3.63, 3.8) is 0 Å². The number of hydrogen-bond acceptors (Lipinski definition) is 3. The Morgan fingerprint density at radius 2 is 1.04 bits per heavy atom. The molecular formula is C22H36O3. The second-order valence-corrected chi connectivity index (χ2v) is 9.05. The van der Waals surface area contributed by atoms with E-state index < -0.39 is 0 Å². The molecule has 3 saturated carbocycles. The van der Waals surface area contributed by atoms with Gasteiger partial charge in [-0.1, -0.05) is 6.92 Å². The molecule has 0 aromatic carbocycles. The van der Waals surface area contributed by atoms with Crippen LogP contribution in [0.4, 0.5) is 0 Å². The minimum atomic E-state index is 0.214. The van der Waals surface area contributed by atoms with E-state index in [4.69, 9.17) is 4.74 Å². The first-order valence-electron chi connectivity index (χ1n) is 10.7. The number of ketones is 2. The highest BCUT2D eigenvalue weighted by Crippen LogP contribution is 2.36. The molecule has 0 aliphatic heterocycles. The molecule has 3 fully saturated rings. The summed E-state index contributed by atoms with van der Waals surface area (Å²) in [5, 5.41) is 0. The Bertz CT molecular complexity index is 448. The number of ether oxygens (including phenoxy) is 1. The van der Waals surface area contributed by atoms with Crippen molar-refractivity contribution >= 4 is 11.6 Å². The number of Topliss-reactive ketones (excluding diaryl/α,β-unsaturated/α-hetero) is 2. The van der Waals surface area contributed by atoms with Gasteiger partial charge in [-0.25, -0.2) is 0 Å². The zero-order chi connectivity index (χ0) is 17.8. The van der Waals surface area contributed by atoms with Crippen molar-refractivity contribution in [1.82, 2.24) is 0 Å². The summed E-state index contributed by atoms with van der Waals surface area (Å²) in [4.78, 5) is 24.3. The first-order valence-corrected chi connectivity index (χ1v) is 10.7. The second kappa shape index (κ2) is 8.79. The van der Waals surface area contributed by atoms with Crippen LogP contribution in [0.3, 0.4) is 0 Å². The Morgan fingerprint density at radius 1 is 0.640 bits per heavy atom. The molecule has 142 valence electrons. The maximum atomic E-state index is 12.8. The lowest BCUT2D eigenvalue weighted by Gasteiger charge is -2.35. The average molecular weight is 349 g/mol. The van der Waals surface area contributed by atoms with Crippen molar-refractivity contribution in [2.75, 3.05) is 0 Å². The van der Waals surface area contributed by atoms with E-state index in [-0.39, 0.29) is 17.8 Å². The lowest BCUT2D eigenvalue weighted by atomic mass is 9.73. The maximum Gasteiger partial charge on any atom is 0.139 e. The van der Waals surface area contributed by atoms with E-state index in [2.05, 4.69) is 6.92 Å². The molecule has 0 spiro atoms. The highest BCUT2D eigenvalue weighted by molar-refractivity contribution is 5.84. The molecule has 25 heavy (non-hydrogen) atoms. The standard InChI is InChI=1S/C22H36O3/c1-15-3-11-20(12-4-15)25-21-13-9-19(10-14-21)22(24)18-7-5-17(6-8-18)16(2)23/h15,17-21H,3-14H2,1-2H3. The van der Waals surface area contributed by atoms with Gasteiger partial charge in [-0.15, -0.1) is 0 Å². The summed E-state index contributed by atoms with van der Waals surface area (Å²) < 4.78 is 6.35. The number of hydrogen-bond donors (Lipinski definition) is 0. The molecule has 3 aliphatic rings. The van der Waals surface area contributed by atoms with Gasteiger partial charge in [0.1, 0.15) is 11.6 Å². The van der Waals surface area contributed by atoms with Crippen LogP contribution in [0.15, 0.2) is 0 Å². The van der Waals surface area contributed by atoms with Gasteiger partial charge >= 0.3 is 0 Å². The predicted molar refractivity (Wildman–Crippen MR) is 99.4 cm³/mol. The number of carbonyl (C=O) groups excluding carboxylic acids is 2. The molecule has 0 N–H and O–H groups in total. The van der Waals surface area contributed by atoms with Gasteiger partial charge in [-0.2, -0.15) is 0 Å². The lowest BCUT2D eigenvalue weighted by Crippen LogP contribution is -2.34. The first-order chi connectivity index (χ1) is 12.0. The van der Waals surface area contributed by atoms with Crippen LogP contribution >= 0.6 is 0 Å². The molecule has 3 heteroatoms. The summed E-state index contributed by atoms with van der Waals surface area (Å²) in [5.41, 5.74) is 0. The normalized spacial score (nSPS) is 39.8. The van der Waals surface area contributed by atoms with Gasteiger partial charge in [0.15, 0.2) is 0 Å². The Hall–Kier alpha value is -0.700. The van der Waals surface area contributed by atoms with Gasteiger partial charge in [0.05, 0.1) is 12.2 Å². The molecule has 0 atom stereocenters. The molecule has 0 aromatic rings. The SMILES string of the molecule is CC(=O)C1CCC(C(=O)C2CCC(OC3CCC(C)CC3)CC2)CC1. The van der Waals surface area contributed by atoms with Crippen molar-refractivity contribution in [1.29, 1.82) is 0 Å². The monoisotopic (exact) mass is 348 g/mol. The van der Waals surface area contributed by atoms with Gasteiger partial charge in [0.25, 0.3) is 0 Å². The quantitative estimate of drug-likeness (QED) is 0.694. The number of carbonyl (C=O) groups is 2. The van der Waals surface area contributed by atoms with Gasteiger partial charge in [0.2, 0.25) is 0 Å². The van der Waals surface area contributed by atoms with Crippen LogP contribution in [0.2, 0.25) is 0 Å². The van der Waals surface area contributed by atoms with Crippen LogP contribution in [0.1, 0.15) is 90.9 Å². The Balaban J connectivity index is 1.38. The molecule has 0 heterocycles. The third kappa shape index (κ3) is 5.15. The molecule has 3 aliphatic carbocycles. The highest BCUT2D eigenvalue weighted by atomic mass is 16.5. The van der Waals surface area contributed by atoms with E-state index in [1.807, 2.05) is 0 Å². The lowest BCUT2D eigenvalue weighted by molar-refractivity contribution is -0.132. The number of rotatable bonds is 5. The van der Waals surface area contributed by atoms with E-state index in [9.17, 15) is 9.59 Å². The van der Waals surface area contributed by atoms with E-state index in [0.717, 1.165) is 57.3 Å². The summed E-state index contributed by atoms with van der Waals surface area (Å²) >= 11 is 0. The van der Waals surface area contributed by atoms with Crippen molar-refractivity contribution in [3.8, 4) is 0 Å². The average Bonchev–Trinajstić information content (AvgIpc) is 2.64. The van der Waals surface area contributed by atoms with Crippen LogP contribution < -0.4 is 0 Å². The van der Waals surface area contributed by atoms with Gasteiger partial charge in [-0.3, -0.25) is 9.59 Å². The third-order valence-corrected chi connectivity index (χ3v) is 7.13. The molecule has 3 rings (SSSR count). The fraction of sp³-hybridized carbons (Fsp3) is 0.909. The van der Waals surface area contributed by atoms with Crippen molar-refractivity contribution in [3.05, 3.63) is 0 Å². The minimum Gasteiger partial charge on any atom is -0.375 e. The summed E-state index contributed by atoms with van der Waals surface area (Å²) in [6, 6.07) is 0. The van der Waals surface area contributed by atoms with E-state index >= 15 is 0 Å². The molecule has 0 bridgehead atoms. The summed E-state index contributed by atoms with van der Waals surface area (Å²) in [6.07, 6.45) is 13.8. The molecule has 0 aromatic heterocycles. The zero-order valence-electron chi connectivity index (χ0n) is 16.2. The molecule has 3 nitrogen and oxygen atoms in total. The minimum absolute atomic E-state index is 0.214. The molecule has 0 radical (unpaired) electrons. The topological polar surface area (TPSA) is 43.4 Å². The summed E-state index contributed by atoms with van der Waals surface area (Å²) in [7, 11) is 0. The Kier molecular flexibility index (Phi) is 6.71. The Morgan fingerprint density at radius 3 is 1.52 bits per heavy atom. The van der Waals surface area contributed by atoms with Crippen molar-refractivity contribution in [2.45, 2.75) is 103 Å². The van der Waals surface area contributed by atoms with Crippen molar-refractivity contribution < 1.29 is 14.3 Å². The fourth-order valence-electron chi connectivity index (χ4n) is 5.24. The first kappa shape index (κ1) is 19.1. The molecular weight excluding hydrogens is 312 g/mol. The summed E-state index contributed by atoms with van der Waals surface area (Å²) in [5.74, 6) is 2.35. The van der Waals surface area contributed by atoms with E-state index in [0.29, 0.717) is 23.8 Å². The highest BCUT2D eigenvalue weighted by Gasteiger charge is 2.35. The van der Waals surface area contributed by atoms with Crippen LogP contribution in [0.25, 0.3) is 0 Å². The second-order valence-electron chi connectivity index (χ2n) is 9.05. The summed E-state index contributed by atoms with van der Waals surface area (Å²) in [6.45, 7) is 4.04. The van der Waals surface area contributed by atoms with E-state index in [1.165, 1.54) is 25.7 Å². The van der Waals surface area contributed by atoms with Crippen LogP contribution in [0, 0.1) is 23.7 Å². The fourth-order valence-corrected chi connectivity index (χ4v) is 5.24. The van der Waals surface area contributed by atoms with E-state index in [1.54, 1.807) is 6.92 Å². The smallest absolute Gasteiger partial charge is 0.139 e. The molecule has 0 saturated heterocycles. The van der Waals surface area contributed by atoms with Crippen LogP contribution in [0.5, 0.6) is 0 Å². The predicted octanol–water partition coefficient (Wildman–Crippen LogP) is 5.11. The molecule has 0 amide bonds. The van der Waals surface area contributed by atoms with Gasteiger partial charge < -0.3 is 4.74 Å². The Labute approximate surface area is 153 Å². The van der Waals surface area contributed by atoms with Gasteiger partial charge in [0, 0.05) is 17.8 Å². The molecule has 0 unspecified atom stereocenters. The largest absolute Gasteiger partial charge is 0.375 e. The third-order valence-electron chi connectivity index (χ3n) is 7.13.